The Morgan fingerprint density at radius 1 is 1.09 bits per heavy atom. The topological polar surface area (TPSA) is 49.9 Å². The first-order chi connectivity index (χ1) is 9.90. The second kappa shape index (κ2) is 7.25. The zero-order chi connectivity index (χ0) is 17.2. The molecule has 7 heteroatoms. The van der Waals surface area contributed by atoms with Gasteiger partial charge in [0.05, 0.1) is 17.5 Å². The molecule has 0 radical (unpaired) electrons. The van der Waals surface area contributed by atoms with E-state index < -0.39 is 12.7 Å². The summed E-state index contributed by atoms with van der Waals surface area (Å²) in [6, 6.07) is 0. The van der Waals surface area contributed by atoms with Gasteiger partial charge in [-0.1, -0.05) is 20.8 Å². The quantitative estimate of drug-likeness (QED) is 0.625. The minimum absolute atomic E-state index is 0.0317. The van der Waals surface area contributed by atoms with Crippen LogP contribution in [0, 0.1) is 5.41 Å². The molecule has 1 fully saturated rings. The molecule has 1 atom stereocenters. The van der Waals surface area contributed by atoms with Crippen LogP contribution in [0.2, 0.25) is 0 Å². The lowest BCUT2D eigenvalue weighted by Crippen LogP contribution is -2.49. The third-order valence-corrected chi connectivity index (χ3v) is 7.23. The molecule has 1 amide bonds. The molecule has 0 spiro atoms. The molecule has 0 aromatic rings. The van der Waals surface area contributed by atoms with Crippen molar-refractivity contribution in [2.75, 3.05) is 38.5 Å². The minimum Gasteiger partial charge on any atom is -0.339 e. The lowest BCUT2D eigenvalue weighted by Gasteiger charge is -2.44. The Morgan fingerprint density at radius 3 is 1.95 bits per heavy atom. The van der Waals surface area contributed by atoms with Crippen LogP contribution in [-0.4, -0.2) is 59.2 Å². The van der Waals surface area contributed by atoms with E-state index in [2.05, 4.69) is 33.4 Å². The molecule has 1 aliphatic heterocycles. The van der Waals surface area contributed by atoms with Gasteiger partial charge in [0.25, 0.3) is 7.52 Å². The molecule has 0 aromatic heterocycles. The van der Waals surface area contributed by atoms with Crippen LogP contribution in [0.5, 0.6) is 0 Å². The summed E-state index contributed by atoms with van der Waals surface area (Å²) in [4.78, 5) is 13.5. The summed E-state index contributed by atoms with van der Waals surface area (Å²) >= 11 is 4.03. The van der Waals surface area contributed by atoms with E-state index in [0.717, 1.165) is 0 Å². The number of piperazine rings is 1. The largest absolute Gasteiger partial charge is 0.339 e. The Bertz CT molecular complexity index is 435. The highest BCUT2D eigenvalue weighted by Gasteiger charge is 2.45. The van der Waals surface area contributed by atoms with Gasteiger partial charge in [-0.05, 0) is 26.2 Å². The van der Waals surface area contributed by atoms with Crippen molar-refractivity contribution in [2.24, 2.45) is 5.41 Å². The molecule has 0 N–H and O–H groups in total. The van der Waals surface area contributed by atoms with E-state index in [4.69, 9.17) is 4.52 Å². The number of hydrogen-bond acceptors (Lipinski definition) is 4. The Morgan fingerprint density at radius 2 is 1.59 bits per heavy atom. The van der Waals surface area contributed by atoms with Crippen LogP contribution < -0.4 is 0 Å². The average molecular weight is 350 g/mol. The molecule has 130 valence electrons. The maximum absolute atomic E-state index is 13.6. The number of amides is 1. The standard InChI is InChI=1S/C15H31N2O3PS/c1-14(2,3)12-20-21(19,15(4,5)6)17-9-7-16(8-10-17)13(18)11-22/h22H,7-12H2,1-6H3. The number of carbonyl (C=O) groups is 1. The summed E-state index contributed by atoms with van der Waals surface area (Å²) in [5.41, 5.74) is -0.0370. The fourth-order valence-corrected chi connectivity index (χ4v) is 5.16. The van der Waals surface area contributed by atoms with E-state index in [1.165, 1.54) is 0 Å². The van der Waals surface area contributed by atoms with Gasteiger partial charge in [0.15, 0.2) is 0 Å². The molecule has 5 nitrogen and oxygen atoms in total. The van der Waals surface area contributed by atoms with Crippen molar-refractivity contribution in [1.82, 2.24) is 9.57 Å². The van der Waals surface area contributed by atoms with Gasteiger partial charge in [-0.15, -0.1) is 0 Å². The second-order valence-corrected chi connectivity index (χ2v) is 11.5. The summed E-state index contributed by atoms with van der Waals surface area (Å²) in [6.45, 7) is 14.9. The fourth-order valence-electron chi connectivity index (χ4n) is 2.29. The predicted octanol–water partition coefficient (Wildman–Crippen LogP) is 3.11. The van der Waals surface area contributed by atoms with Gasteiger partial charge >= 0.3 is 0 Å². The third-order valence-electron chi connectivity index (χ3n) is 3.64. The van der Waals surface area contributed by atoms with Crippen molar-refractivity contribution in [3.05, 3.63) is 0 Å². The molecular formula is C15H31N2O3PS. The van der Waals surface area contributed by atoms with Gasteiger partial charge in [0.1, 0.15) is 0 Å². The van der Waals surface area contributed by atoms with Crippen LogP contribution in [0.1, 0.15) is 41.5 Å². The van der Waals surface area contributed by atoms with Gasteiger partial charge in [0.2, 0.25) is 5.91 Å². The monoisotopic (exact) mass is 350 g/mol. The molecule has 0 saturated carbocycles. The highest BCUT2D eigenvalue weighted by Crippen LogP contribution is 2.62. The first kappa shape index (κ1) is 20.0. The lowest BCUT2D eigenvalue weighted by molar-refractivity contribution is -0.129. The molecule has 1 rings (SSSR count). The van der Waals surface area contributed by atoms with Gasteiger partial charge in [-0.25, -0.2) is 4.67 Å². The van der Waals surface area contributed by atoms with Crippen molar-refractivity contribution in [1.29, 1.82) is 0 Å². The van der Waals surface area contributed by atoms with Crippen LogP contribution in [0.15, 0.2) is 0 Å². The molecule has 1 aliphatic rings. The van der Waals surface area contributed by atoms with Gasteiger partial charge in [-0.2, -0.15) is 12.6 Å². The van der Waals surface area contributed by atoms with E-state index in [1.54, 1.807) is 4.90 Å². The summed E-state index contributed by atoms with van der Waals surface area (Å²) in [5, 5.41) is -0.450. The minimum atomic E-state index is -2.96. The number of thiol groups is 1. The summed E-state index contributed by atoms with van der Waals surface area (Å²) < 4.78 is 21.5. The van der Waals surface area contributed by atoms with Crippen molar-refractivity contribution >= 4 is 26.1 Å². The molecule has 1 unspecified atom stereocenters. The Balaban J connectivity index is 2.83. The lowest BCUT2D eigenvalue weighted by atomic mass is 9.99. The molecule has 1 heterocycles. The second-order valence-electron chi connectivity index (χ2n) is 8.02. The molecule has 0 bridgehead atoms. The van der Waals surface area contributed by atoms with Crippen molar-refractivity contribution in [2.45, 2.75) is 46.7 Å². The summed E-state index contributed by atoms with van der Waals surface area (Å²) in [6.07, 6.45) is 0. The molecule has 0 aromatic carbocycles. The van der Waals surface area contributed by atoms with E-state index in [9.17, 15) is 9.36 Å². The normalized spacial score (nSPS) is 20.8. The van der Waals surface area contributed by atoms with Gasteiger partial charge in [0, 0.05) is 26.2 Å². The Kier molecular flexibility index (Phi) is 6.59. The van der Waals surface area contributed by atoms with Crippen LogP contribution in [0.4, 0.5) is 0 Å². The van der Waals surface area contributed by atoms with Crippen LogP contribution in [0.3, 0.4) is 0 Å². The van der Waals surface area contributed by atoms with E-state index in [0.29, 0.717) is 32.8 Å². The maximum atomic E-state index is 13.6. The third kappa shape index (κ3) is 4.98. The number of rotatable bonds is 4. The average Bonchev–Trinajstić information content (AvgIpc) is 2.42. The van der Waals surface area contributed by atoms with E-state index in [-0.39, 0.29) is 17.1 Å². The van der Waals surface area contributed by atoms with E-state index in [1.807, 2.05) is 25.4 Å². The zero-order valence-electron chi connectivity index (χ0n) is 14.8. The maximum Gasteiger partial charge on any atom is 0.277 e. The first-order valence-electron chi connectivity index (χ1n) is 7.79. The SMILES string of the molecule is CC(C)(C)COP(=O)(N1CCN(C(=O)CS)CC1)C(C)(C)C. The van der Waals surface area contributed by atoms with Gasteiger partial charge in [-0.3, -0.25) is 9.36 Å². The van der Waals surface area contributed by atoms with Crippen molar-refractivity contribution in [3.8, 4) is 0 Å². The first-order valence-corrected chi connectivity index (χ1v) is 10.0. The molecule has 22 heavy (non-hydrogen) atoms. The number of hydrogen-bond donors (Lipinski definition) is 1. The van der Waals surface area contributed by atoms with Crippen LogP contribution in [0.25, 0.3) is 0 Å². The van der Waals surface area contributed by atoms with Crippen molar-refractivity contribution < 1.29 is 13.9 Å². The smallest absolute Gasteiger partial charge is 0.277 e. The Labute approximate surface area is 140 Å². The summed E-state index contributed by atoms with van der Waals surface area (Å²) in [5.74, 6) is 0.251. The highest BCUT2D eigenvalue weighted by molar-refractivity contribution is 7.81. The molecule has 1 saturated heterocycles. The van der Waals surface area contributed by atoms with Crippen molar-refractivity contribution in [3.63, 3.8) is 0 Å². The Hall–Kier alpha value is -0.0300. The zero-order valence-corrected chi connectivity index (χ0v) is 16.5. The van der Waals surface area contributed by atoms with E-state index >= 15 is 0 Å². The van der Waals surface area contributed by atoms with Crippen LogP contribution in [-0.2, 0) is 13.9 Å². The highest BCUT2D eigenvalue weighted by atomic mass is 32.1. The fraction of sp³-hybridized carbons (Fsp3) is 0.933. The predicted molar refractivity (Wildman–Crippen MR) is 94.8 cm³/mol. The summed E-state index contributed by atoms with van der Waals surface area (Å²) in [7, 11) is -2.96. The molecular weight excluding hydrogens is 319 g/mol. The van der Waals surface area contributed by atoms with Gasteiger partial charge < -0.3 is 9.42 Å². The number of nitrogens with zero attached hydrogens (tertiary/aromatic N) is 2. The van der Waals surface area contributed by atoms with Crippen LogP contribution >= 0.6 is 20.1 Å². The molecule has 0 aliphatic carbocycles. The number of carbonyl (C=O) groups excluding carboxylic acids is 1.